The Morgan fingerprint density at radius 2 is 1.96 bits per heavy atom. The first-order chi connectivity index (χ1) is 12.6. The van der Waals surface area contributed by atoms with Crippen LogP contribution in [-0.4, -0.2) is 36.6 Å². The van der Waals surface area contributed by atoms with E-state index in [2.05, 4.69) is 15.3 Å². The zero-order chi connectivity index (χ0) is 20.0. The lowest BCUT2D eigenvalue weighted by molar-refractivity contribution is -0.118. The first kappa shape index (κ1) is 21.1. The van der Waals surface area contributed by atoms with Crippen LogP contribution in [0.25, 0.3) is 0 Å². The maximum absolute atomic E-state index is 11.9. The molecule has 0 aliphatic carbocycles. The van der Waals surface area contributed by atoms with Crippen molar-refractivity contribution < 1.29 is 13.2 Å². The maximum atomic E-state index is 11.9. The number of hydrogen-bond acceptors (Lipinski definition) is 6. The van der Waals surface area contributed by atoms with E-state index in [-0.39, 0.29) is 28.0 Å². The lowest BCUT2D eigenvalue weighted by Gasteiger charge is -2.07. The highest BCUT2D eigenvalue weighted by molar-refractivity contribution is 7.99. The lowest BCUT2D eigenvalue weighted by Crippen LogP contribution is -2.27. The molecule has 0 atom stereocenters. The van der Waals surface area contributed by atoms with Crippen molar-refractivity contribution in [1.82, 2.24) is 15.3 Å². The minimum Gasteiger partial charge on any atom is -0.355 e. The molecule has 4 N–H and O–H groups in total. The number of carbonyl (C=O) groups is 1. The molecule has 0 bridgehead atoms. The standard InChI is InChI=1S/C17H22N4O4S2/c1-11(2)14-9-15(22)21-17(20-14)26-10-16(23)19-8-7-12-3-5-13(6-4-12)27(18,24)25/h3-6,9,11H,7-8,10H2,1-2H3,(H,19,23)(H2,18,24,25)(H,20,21,22). The molecular weight excluding hydrogens is 388 g/mol. The fraction of sp³-hybridized carbons (Fsp3) is 0.353. The molecule has 10 heteroatoms. The number of primary sulfonamides is 1. The molecule has 146 valence electrons. The van der Waals surface area contributed by atoms with Gasteiger partial charge in [-0.15, -0.1) is 0 Å². The van der Waals surface area contributed by atoms with Gasteiger partial charge in [0.05, 0.1) is 16.3 Å². The van der Waals surface area contributed by atoms with E-state index in [1.165, 1.54) is 30.0 Å². The molecule has 0 radical (unpaired) electrons. The molecule has 27 heavy (non-hydrogen) atoms. The van der Waals surface area contributed by atoms with Crippen LogP contribution in [0.15, 0.2) is 45.2 Å². The summed E-state index contributed by atoms with van der Waals surface area (Å²) >= 11 is 1.17. The van der Waals surface area contributed by atoms with Crippen LogP contribution in [0.2, 0.25) is 0 Å². The second-order valence-electron chi connectivity index (χ2n) is 6.21. The molecule has 0 fully saturated rings. The number of benzene rings is 1. The number of nitrogens with two attached hydrogens (primary N) is 1. The van der Waals surface area contributed by atoms with Gasteiger partial charge >= 0.3 is 0 Å². The first-order valence-corrected chi connectivity index (χ1v) is 10.8. The van der Waals surface area contributed by atoms with Crippen molar-refractivity contribution >= 4 is 27.7 Å². The molecular formula is C17H22N4O4S2. The molecule has 0 unspecified atom stereocenters. The smallest absolute Gasteiger partial charge is 0.251 e. The van der Waals surface area contributed by atoms with E-state index in [4.69, 9.17) is 5.14 Å². The Bertz CT molecular complexity index is 954. The molecule has 1 heterocycles. The van der Waals surface area contributed by atoms with Crippen LogP contribution >= 0.6 is 11.8 Å². The van der Waals surface area contributed by atoms with Gasteiger partial charge in [0, 0.05) is 12.6 Å². The van der Waals surface area contributed by atoms with Crippen LogP contribution in [0.1, 0.15) is 31.0 Å². The predicted molar refractivity (Wildman–Crippen MR) is 104 cm³/mol. The normalized spacial score (nSPS) is 11.6. The van der Waals surface area contributed by atoms with E-state index >= 15 is 0 Å². The van der Waals surface area contributed by atoms with Crippen LogP contribution in [0.5, 0.6) is 0 Å². The van der Waals surface area contributed by atoms with Gasteiger partial charge in [0.2, 0.25) is 15.9 Å². The molecule has 1 aromatic carbocycles. The van der Waals surface area contributed by atoms with Gasteiger partial charge in [-0.05, 0) is 30.0 Å². The van der Waals surface area contributed by atoms with Gasteiger partial charge < -0.3 is 10.3 Å². The van der Waals surface area contributed by atoms with E-state index in [9.17, 15) is 18.0 Å². The average Bonchev–Trinajstić information content (AvgIpc) is 2.59. The van der Waals surface area contributed by atoms with Crippen LogP contribution in [-0.2, 0) is 21.2 Å². The zero-order valence-corrected chi connectivity index (χ0v) is 16.7. The summed E-state index contributed by atoms with van der Waals surface area (Å²) in [4.78, 5) is 30.6. The summed E-state index contributed by atoms with van der Waals surface area (Å²) in [6.45, 7) is 4.29. The third kappa shape index (κ3) is 6.81. The highest BCUT2D eigenvalue weighted by atomic mass is 32.2. The molecule has 1 amide bonds. The minimum absolute atomic E-state index is 0.0526. The average molecular weight is 411 g/mol. The molecule has 2 aromatic rings. The molecule has 0 spiro atoms. The molecule has 0 saturated carbocycles. The largest absolute Gasteiger partial charge is 0.355 e. The second-order valence-corrected chi connectivity index (χ2v) is 8.73. The SMILES string of the molecule is CC(C)c1cc(=O)[nH]c(SCC(=O)NCCc2ccc(S(N)(=O)=O)cc2)n1. The summed E-state index contributed by atoms with van der Waals surface area (Å²) in [5.41, 5.74) is 1.33. The van der Waals surface area contributed by atoms with Crippen LogP contribution in [0.4, 0.5) is 0 Å². The summed E-state index contributed by atoms with van der Waals surface area (Å²) < 4.78 is 22.4. The third-order valence-electron chi connectivity index (χ3n) is 3.66. The summed E-state index contributed by atoms with van der Waals surface area (Å²) in [5.74, 6) is 0.0781. The van der Waals surface area contributed by atoms with Crippen molar-refractivity contribution in [1.29, 1.82) is 0 Å². The number of hydrogen-bond donors (Lipinski definition) is 3. The van der Waals surface area contributed by atoms with Gasteiger partial charge in [-0.25, -0.2) is 18.5 Å². The van der Waals surface area contributed by atoms with E-state index in [1.54, 1.807) is 12.1 Å². The monoisotopic (exact) mass is 410 g/mol. The van der Waals surface area contributed by atoms with Gasteiger partial charge in [-0.2, -0.15) is 0 Å². The number of H-pyrrole nitrogens is 1. The van der Waals surface area contributed by atoms with E-state index in [0.29, 0.717) is 23.8 Å². The van der Waals surface area contributed by atoms with Crippen molar-refractivity contribution in [2.45, 2.75) is 36.2 Å². The predicted octanol–water partition coefficient (Wildman–Crippen LogP) is 0.992. The van der Waals surface area contributed by atoms with E-state index in [1.807, 2.05) is 13.8 Å². The van der Waals surface area contributed by atoms with E-state index < -0.39 is 10.0 Å². The molecule has 0 saturated heterocycles. The molecule has 1 aromatic heterocycles. The number of nitrogens with one attached hydrogen (secondary N) is 2. The molecule has 8 nitrogen and oxygen atoms in total. The number of thioether (sulfide) groups is 1. The highest BCUT2D eigenvalue weighted by Crippen LogP contribution is 2.15. The Balaban J connectivity index is 1.81. The van der Waals surface area contributed by atoms with Gasteiger partial charge in [-0.1, -0.05) is 37.7 Å². The number of sulfonamides is 1. The fourth-order valence-corrected chi connectivity index (χ4v) is 3.42. The Morgan fingerprint density at radius 1 is 1.30 bits per heavy atom. The van der Waals surface area contributed by atoms with Crippen LogP contribution < -0.4 is 16.0 Å². The number of nitrogens with zero attached hydrogens (tertiary/aromatic N) is 1. The van der Waals surface area contributed by atoms with Crippen molar-refractivity contribution in [3.8, 4) is 0 Å². The highest BCUT2D eigenvalue weighted by Gasteiger charge is 2.09. The van der Waals surface area contributed by atoms with Gasteiger partial charge in [0.25, 0.3) is 5.56 Å². The van der Waals surface area contributed by atoms with Crippen LogP contribution in [0.3, 0.4) is 0 Å². The molecule has 0 aliphatic rings. The van der Waals surface area contributed by atoms with Crippen molar-refractivity contribution in [3.63, 3.8) is 0 Å². The van der Waals surface area contributed by atoms with Crippen molar-refractivity contribution in [3.05, 3.63) is 51.9 Å². The third-order valence-corrected chi connectivity index (χ3v) is 5.46. The molecule has 0 aliphatic heterocycles. The summed E-state index contributed by atoms with van der Waals surface area (Å²) in [7, 11) is -3.70. The minimum atomic E-state index is -3.70. The Kier molecular flexibility index (Phi) is 7.17. The summed E-state index contributed by atoms with van der Waals surface area (Å²) in [5, 5.41) is 8.24. The summed E-state index contributed by atoms with van der Waals surface area (Å²) in [6, 6.07) is 7.65. The topological polar surface area (TPSA) is 135 Å². The number of aromatic nitrogens is 2. The lowest BCUT2D eigenvalue weighted by atomic mass is 10.1. The fourth-order valence-electron chi connectivity index (χ4n) is 2.19. The first-order valence-electron chi connectivity index (χ1n) is 8.27. The summed E-state index contributed by atoms with van der Waals surface area (Å²) in [6.07, 6.45) is 0.555. The Morgan fingerprint density at radius 3 is 2.56 bits per heavy atom. The van der Waals surface area contributed by atoms with Gasteiger partial charge in [0.15, 0.2) is 5.16 Å². The quantitative estimate of drug-likeness (QED) is 0.439. The van der Waals surface area contributed by atoms with Gasteiger partial charge in [0.1, 0.15) is 0 Å². The van der Waals surface area contributed by atoms with Crippen LogP contribution in [0, 0.1) is 0 Å². The van der Waals surface area contributed by atoms with Crippen molar-refractivity contribution in [2.24, 2.45) is 5.14 Å². The molecule has 2 rings (SSSR count). The van der Waals surface area contributed by atoms with Gasteiger partial charge in [-0.3, -0.25) is 9.59 Å². The van der Waals surface area contributed by atoms with E-state index in [0.717, 1.165) is 5.56 Å². The number of amides is 1. The number of rotatable bonds is 8. The number of carbonyl (C=O) groups excluding carboxylic acids is 1. The number of aromatic amines is 1. The maximum Gasteiger partial charge on any atom is 0.251 e. The zero-order valence-electron chi connectivity index (χ0n) is 15.1. The second kappa shape index (κ2) is 9.16. The van der Waals surface area contributed by atoms with Crippen molar-refractivity contribution in [2.75, 3.05) is 12.3 Å². The Labute approximate surface area is 162 Å². The Hall–Kier alpha value is -2.17.